The summed E-state index contributed by atoms with van der Waals surface area (Å²) in [5, 5.41) is 1.16. The Morgan fingerprint density at radius 1 is 1.25 bits per heavy atom. The number of hydrogen-bond acceptors (Lipinski definition) is 1. The summed E-state index contributed by atoms with van der Waals surface area (Å²) in [6.07, 6.45) is 2.42. The quantitative estimate of drug-likeness (QED) is 0.784. The Labute approximate surface area is 96.7 Å². The average Bonchev–Trinajstić information content (AvgIpc) is 2.29. The molecule has 2 aromatic rings. The van der Waals surface area contributed by atoms with Crippen molar-refractivity contribution >= 4 is 16.6 Å². The van der Waals surface area contributed by atoms with Gasteiger partial charge in [0.05, 0.1) is 11.1 Å². The van der Waals surface area contributed by atoms with Crippen molar-refractivity contribution in [2.45, 2.75) is 33.2 Å². The molecule has 0 aliphatic heterocycles. The van der Waals surface area contributed by atoms with Crippen LogP contribution in [-0.2, 0) is 6.54 Å². The highest BCUT2D eigenvalue weighted by Crippen LogP contribution is 2.18. The number of aryl methyl sites for hydroxylation is 2. The van der Waals surface area contributed by atoms with Crippen molar-refractivity contribution in [3.8, 4) is 0 Å². The molecule has 0 spiro atoms. The van der Waals surface area contributed by atoms with Crippen LogP contribution in [0.15, 0.2) is 30.3 Å². The fourth-order valence-corrected chi connectivity index (χ4v) is 2.14. The SMILES string of the molecule is CCCC[n+]1c(C)cc(N)c2ccccc21. The summed E-state index contributed by atoms with van der Waals surface area (Å²) in [5.74, 6) is 0. The van der Waals surface area contributed by atoms with Gasteiger partial charge in [-0.05, 0) is 6.07 Å². The first-order valence-corrected chi connectivity index (χ1v) is 5.91. The highest BCUT2D eigenvalue weighted by Gasteiger charge is 2.13. The maximum absolute atomic E-state index is 6.04. The van der Waals surface area contributed by atoms with Crippen LogP contribution in [0.25, 0.3) is 10.9 Å². The van der Waals surface area contributed by atoms with E-state index < -0.39 is 0 Å². The number of nitrogens with two attached hydrogens (primary N) is 1. The van der Waals surface area contributed by atoms with Gasteiger partial charge in [-0.15, -0.1) is 0 Å². The lowest BCUT2D eigenvalue weighted by atomic mass is 10.1. The standard InChI is InChI=1S/C14H18N2/c1-3-4-9-16-11(2)10-13(15)12-7-5-6-8-14(12)16/h5-8,10,15H,3-4,9H2,1-2H3/p+1. The average molecular weight is 215 g/mol. The summed E-state index contributed by atoms with van der Waals surface area (Å²) < 4.78 is 2.36. The smallest absolute Gasteiger partial charge is 0.214 e. The van der Waals surface area contributed by atoms with Gasteiger partial charge in [-0.1, -0.05) is 25.5 Å². The van der Waals surface area contributed by atoms with Crippen LogP contribution in [0.5, 0.6) is 0 Å². The number of rotatable bonds is 3. The van der Waals surface area contributed by atoms with E-state index in [0.717, 1.165) is 17.6 Å². The third kappa shape index (κ3) is 1.87. The Kier molecular flexibility index (Phi) is 3.09. The molecule has 0 amide bonds. The minimum atomic E-state index is 0.876. The maximum Gasteiger partial charge on any atom is 0.214 e. The zero-order chi connectivity index (χ0) is 11.5. The van der Waals surface area contributed by atoms with Crippen LogP contribution >= 0.6 is 0 Å². The molecule has 0 atom stereocenters. The Balaban J connectivity index is 2.61. The highest BCUT2D eigenvalue weighted by atomic mass is 15.0. The number of pyridine rings is 1. The van der Waals surface area contributed by atoms with Gasteiger partial charge >= 0.3 is 0 Å². The molecule has 84 valence electrons. The lowest BCUT2D eigenvalue weighted by molar-refractivity contribution is -0.677. The van der Waals surface area contributed by atoms with Gasteiger partial charge in [0.25, 0.3) is 0 Å². The second kappa shape index (κ2) is 4.52. The van der Waals surface area contributed by atoms with Gasteiger partial charge in [-0.2, -0.15) is 4.57 Å². The number of anilines is 1. The summed E-state index contributed by atoms with van der Waals surface area (Å²) in [7, 11) is 0. The highest BCUT2D eigenvalue weighted by molar-refractivity contribution is 5.87. The van der Waals surface area contributed by atoms with Crippen molar-refractivity contribution in [1.82, 2.24) is 0 Å². The predicted molar refractivity (Wildman–Crippen MR) is 68.2 cm³/mol. The van der Waals surface area contributed by atoms with E-state index >= 15 is 0 Å². The molecular weight excluding hydrogens is 196 g/mol. The van der Waals surface area contributed by atoms with E-state index in [0.29, 0.717) is 0 Å². The first-order chi connectivity index (χ1) is 7.74. The summed E-state index contributed by atoms with van der Waals surface area (Å²) in [6, 6.07) is 10.4. The van der Waals surface area contributed by atoms with E-state index in [4.69, 9.17) is 5.73 Å². The van der Waals surface area contributed by atoms with Crippen LogP contribution in [0.2, 0.25) is 0 Å². The number of para-hydroxylation sites is 1. The molecule has 2 nitrogen and oxygen atoms in total. The van der Waals surface area contributed by atoms with Crippen molar-refractivity contribution in [3.63, 3.8) is 0 Å². The lowest BCUT2D eigenvalue weighted by Gasteiger charge is -2.06. The molecule has 1 aromatic heterocycles. The molecule has 2 N–H and O–H groups in total. The summed E-state index contributed by atoms with van der Waals surface area (Å²) in [5.41, 5.74) is 9.40. The fourth-order valence-electron chi connectivity index (χ4n) is 2.14. The number of hydrogen-bond donors (Lipinski definition) is 1. The molecular formula is C14H19N2+. The van der Waals surface area contributed by atoms with E-state index in [9.17, 15) is 0 Å². The third-order valence-electron chi connectivity index (χ3n) is 3.03. The van der Waals surface area contributed by atoms with Crippen molar-refractivity contribution in [3.05, 3.63) is 36.0 Å². The van der Waals surface area contributed by atoms with Gasteiger partial charge in [0.2, 0.25) is 5.52 Å². The molecule has 0 unspecified atom stereocenters. The van der Waals surface area contributed by atoms with E-state index in [1.165, 1.54) is 24.1 Å². The Bertz CT molecular complexity index is 503. The first-order valence-electron chi connectivity index (χ1n) is 5.91. The van der Waals surface area contributed by atoms with Crippen LogP contribution in [0.4, 0.5) is 5.69 Å². The van der Waals surface area contributed by atoms with Gasteiger partial charge in [-0.3, -0.25) is 0 Å². The molecule has 0 saturated heterocycles. The number of aromatic nitrogens is 1. The van der Waals surface area contributed by atoms with Crippen LogP contribution in [0, 0.1) is 6.92 Å². The molecule has 0 fully saturated rings. The van der Waals surface area contributed by atoms with E-state index in [-0.39, 0.29) is 0 Å². The van der Waals surface area contributed by atoms with Crippen LogP contribution in [0.3, 0.4) is 0 Å². The lowest BCUT2D eigenvalue weighted by Crippen LogP contribution is -2.38. The molecule has 2 heteroatoms. The van der Waals surface area contributed by atoms with Gasteiger partial charge < -0.3 is 5.73 Å². The summed E-state index contributed by atoms with van der Waals surface area (Å²) >= 11 is 0. The fraction of sp³-hybridized carbons (Fsp3) is 0.357. The van der Waals surface area contributed by atoms with Crippen molar-refractivity contribution in [2.75, 3.05) is 5.73 Å². The topological polar surface area (TPSA) is 29.9 Å². The number of nitrogen functional groups attached to an aromatic ring is 1. The van der Waals surface area contributed by atoms with E-state index in [2.05, 4.69) is 42.7 Å². The minimum Gasteiger partial charge on any atom is -0.398 e. The largest absolute Gasteiger partial charge is 0.398 e. The molecule has 0 saturated carbocycles. The number of nitrogens with zero attached hydrogens (tertiary/aromatic N) is 1. The summed E-state index contributed by atoms with van der Waals surface area (Å²) in [6.45, 7) is 5.41. The van der Waals surface area contributed by atoms with E-state index in [1.807, 2.05) is 6.07 Å². The van der Waals surface area contributed by atoms with Crippen molar-refractivity contribution in [2.24, 2.45) is 0 Å². The van der Waals surface area contributed by atoms with Crippen LogP contribution in [0.1, 0.15) is 25.5 Å². The Morgan fingerprint density at radius 3 is 2.75 bits per heavy atom. The molecule has 0 aliphatic rings. The Morgan fingerprint density at radius 2 is 2.00 bits per heavy atom. The zero-order valence-electron chi connectivity index (χ0n) is 10.0. The van der Waals surface area contributed by atoms with Gasteiger partial charge in [0.15, 0.2) is 5.69 Å². The molecule has 0 bridgehead atoms. The second-order valence-corrected chi connectivity index (χ2v) is 4.26. The van der Waals surface area contributed by atoms with Gasteiger partial charge in [0, 0.05) is 25.5 Å². The summed E-state index contributed by atoms with van der Waals surface area (Å²) in [4.78, 5) is 0. The van der Waals surface area contributed by atoms with Crippen molar-refractivity contribution in [1.29, 1.82) is 0 Å². The normalized spacial score (nSPS) is 10.9. The zero-order valence-corrected chi connectivity index (χ0v) is 10.0. The van der Waals surface area contributed by atoms with Crippen LogP contribution < -0.4 is 10.3 Å². The van der Waals surface area contributed by atoms with E-state index in [1.54, 1.807) is 0 Å². The number of fused-ring (bicyclic) bond motifs is 1. The van der Waals surface area contributed by atoms with Crippen LogP contribution in [-0.4, -0.2) is 0 Å². The number of unbranched alkanes of at least 4 members (excludes halogenated alkanes) is 1. The maximum atomic E-state index is 6.04. The minimum absolute atomic E-state index is 0.876. The second-order valence-electron chi connectivity index (χ2n) is 4.26. The molecule has 16 heavy (non-hydrogen) atoms. The van der Waals surface area contributed by atoms with Gasteiger partial charge in [0.1, 0.15) is 6.54 Å². The third-order valence-corrected chi connectivity index (χ3v) is 3.03. The molecule has 1 heterocycles. The monoisotopic (exact) mass is 215 g/mol. The Hall–Kier alpha value is -1.57. The molecule has 0 aliphatic carbocycles. The molecule has 0 radical (unpaired) electrons. The first kappa shape index (κ1) is 10.9. The number of benzene rings is 1. The molecule has 2 rings (SSSR count). The molecule has 1 aromatic carbocycles. The predicted octanol–water partition coefficient (Wildman–Crippen LogP) is 2.82. The van der Waals surface area contributed by atoms with Gasteiger partial charge in [-0.25, -0.2) is 0 Å². The van der Waals surface area contributed by atoms with Crippen molar-refractivity contribution < 1.29 is 4.57 Å².